The fraction of sp³-hybridized carbons (Fsp3) is 0.111. The van der Waals surface area contributed by atoms with Crippen LogP contribution in [0.4, 0.5) is 5.69 Å². The average molecular weight is 241 g/mol. The number of nitriles is 1. The van der Waals surface area contributed by atoms with E-state index in [0.717, 1.165) is 19.2 Å². The molecule has 0 saturated carbocycles. The van der Waals surface area contributed by atoms with Gasteiger partial charge < -0.3 is 4.74 Å². The molecule has 0 amide bonds. The van der Waals surface area contributed by atoms with Gasteiger partial charge in [-0.2, -0.15) is 5.26 Å². The number of rotatable bonds is 3. The maximum Gasteiger partial charge on any atom is 0.311 e. The Morgan fingerprint density at radius 3 is 2.62 bits per heavy atom. The summed E-state index contributed by atoms with van der Waals surface area (Å²) in [5.74, 6) is -0.302. The largest absolute Gasteiger partial charge is 0.490 e. The van der Waals surface area contributed by atoms with Crippen molar-refractivity contribution in [2.45, 2.75) is 0 Å². The Bertz CT molecular complexity index is 507. The van der Waals surface area contributed by atoms with E-state index in [9.17, 15) is 14.9 Å². The first-order valence-corrected chi connectivity index (χ1v) is 4.36. The fourth-order valence-corrected chi connectivity index (χ4v) is 1.40. The summed E-state index contributed by atoms with van der Waals surface area (Å²) in [6.45, 7) is 0. The highest BCUT2D eigenvalue weighted by molar-refractivity contribution is 6.68. The first kappa shape index (κ1) is 11.9. The van der Waals surface area contributed by atoms with Gasteiger partial charge in [-0.05, 0) is 17.7 Å². The predicted octanol–water partition coefficient (Wildman–Crippen LogP) is 1.85. The summed E-state index contributed by atoms with van der Waals surface area (Å²) in [7, 11) is 1.16. The molecule has 0 aliphatic rings. The minimum Gasteiger partial charge on any atom is -0.490 e. The van der Waals surface area contributed by atoms with Crippen molar-refractivity contribution in [3.63, 3.8) is 0 Å². The number of nitrogens with zero attached hydrogens (tertiary/aromatic N) is 2. The smallest absolute Gasteiger partial charge is 0.311 e. The van der Waals surface area contributed by atoms with Crippen LogP contribution in [0.1, 0.15) is 15.9 Å². The molecule has 0 heterocycles. The number of carbonyl (C=O) groups is 1. The monoisotopic (exact) mass is 240 g/mol. The van der Waals surface area contributed by atoms with Crippen molar-refractivity contribution in [1.29, 1.82) is 5.26 Å². The number of ether oxygens (including phenoxy) is 1. The van der Waals surface area contributed by atoms with Gasteiger partial charge in [0.05, 0.1) is 17.6 Å². The van der Waals surface area contributed by atoms with Crippen LogP contribution in [0.5, 0.6) is 5.75 Å². The minimum atomic E-state index is -0.975. The lowest BCUT2D eigenvalue weighted by molar-refractivity contribution is -0.385. The van der Waals surface area contributed by atoms with Crippen LogP contribution in [-0.4, -0.2) is 17.3 Å². The van der Waals surface area contributed by atoms with E-state index in [-0.39, 0.29) is 16.9 Å². The SMILES string of the molecule is COc1c([N+](=O)[O-])ccc(C#N)c1C(=O)Cl. The van der Waals surface area contributed by atoms with Crippen molar-refractivity contribution >= 4 is 22.5 Å². The Hall–Kier alpha value is -2.13. The van der Waals surface area contributed by atoms with Crippen LogP contribution >= 0.6 is 11.6 Å². The summed E-state index contributed by atoms with van der Waals surface area (Å²) in [5.41, 5.74) is -0.770. The van der Waals surface area contributed by atoms with Crippen LogP contribution in [0.2, 0.25) is 0 Å². The van der Waals surface area contributed by atoms with Crippen LogP contribution in [-0.2, 0) is 0 Å². The van der Waals surface area contributed by atoms with E-state index in [4.69, 9.17) is 21.6 Å². The lowest BCUT2D eigenvalue weighted by Gasteiger charge is -2.06. The summed E-state index contributed by atoms with van der Waals surface area (Å²) in [4.78, 5) is 21.0. The van der Waals surface area contributed by atoms with Gasteiger partial charge in [0.1, 0.15) is 11.6 Å². The Morgan fingerprint density at radius 1 is 1.62 bits per heavy atom. The molecule has 7 heteroatoms. The molecule has 82 valence electrons. The van der Waals surface area contributed by atoms with E-state index in [2.05, 4.69) is 0 Å². The van der Waals surface area contributed by atoms with Gasteiger partial charge in [0.15, 0.2) is 0 Å². The van der Waals surface area contributed by atoms with Crippen LogP contribution in [0.25, 0.3) is 0 Å². The average Bonchev–Trinajstić information content (AvgIpc) is 2.26. The molecule has 0 spiro atoms. The first-order chi connectivity index (χ1) is 7.52. The molecule has 0 fully saturated rings. The molecular weight excluding hydrogens is 236 g/mol. The van der Waals surface area contributed by atoms with Crippen molar-refractivity contribution in [3.8, 4) is 11.8 Å². The highest BCUT2D eigenvalue weighted by Gasteiger charge is 2.25. The second kappa shape index (κ2) is 4.59. The number of methoxy groups -OCH3 is 1. The molecule has 0 radical (unpaired) electrons. The molecule has 0 unspecified atom stereocenters. The van der Waals surface area contributed by atoms with Gasteiger partial charge in [-0.1, -0.05) is 0 Å². The van der Waals surface area contributed by atoms with E-state index in [1.807, 2.05) is 0 Å². The molecule has 0 bridgehead atoms. The zero-order valence-corrected chi connectivity index (χ0v) is 8.82. The summed E-state index contributed by atoms with van der Waals surface area (Å²) >= 11 is 5.26. The molecular formula is C9H5ClN2O4. The second-order valence-electron chi connectivity index (χ2n) is 2.68. The molecule has 16 heavy (non-hydrogen) atoms. The van der Waals surface area contributed by atoms with Gasteiger partial charge in [-0.25, -0.2) is 0 Å². The Balaban J connectivity index is 3.64. The number of halogens is 1. The molecule has 1 aromatic rings. The van der Waals surface area contributed by atoms with Crippen LogP contribution < -0.4 is 4.74 Å². The summed E-state index contributed by atoms with van der Waals surface area (Å²) in [6.07, 6.45) is 0. The van der Waals surface area contributed by atoms with Crippen molar-refractivity contribution in [1.82, 2.24) is 0 Å². The third-order valence-electron chi connectivity index (χ3n) is 1.85. The number of nitro benzene ring substituents is 1. The minimum absolute atomic E-state index is 0.0672. The lowest BCUT2D eigenvalue weighted by Crippen LogP contribution is -2.03. The van der Waals surface area contributed by atoms with Crippen LogP contribution in [0, 0.1) is 21.4 Å². The van der Waals surface area contributed by atoms with Gasteiger partial charge in [-0.3, -0.25) is 14.9 Å². The molecule has 0 atom stereocenters. The standard InChI is InChI=1S/C9H5ClN2O4/c1-16-8-6(12(14)15)3-2-5(4-11)7(8)9(10)13/h2-3H,1H3. The summed E-state index contributed by atoms with van der Waals surface area (Å²) in [6, 6.07) is 3.94. The van der Waals surface area contributed by atoms with Crippen molar-refractivity contribution < 1.29 is 14.5 Å². The predicted molar refractivity (Wildman–Crippen MR) is 54.5 cm³/mol. The van der Waals surface area contributed by atoms with E-state index in [0.29, 0.717) is 0 Å². The van der Waals surface area contributed by atoms with Gasteiger partial charge in [-0.15, -0.1) is 0 Å². The highest BCUT2D eigenvalue weighted by atomic mass is 35.5. The number of hydrogen-bond acceptors (Lipinski definition) is 5. The number of hydrogen-bond donors (Lipinski definition) is 0. The molecule has 0 aromatic heterocycles. The highest BCUT2D eigenvalue weighted by Crippen LogP contribution is 2.33. The molecule has 0 aliphatic carbocycles. The maximum absolute atomic E-state index is 11.1. The fourth-order valence-electron chi connectivity index (χ4n) is 1.21. The van der Waals surface area contributed by atoms with Crippen molar-refractivity contribution in [2.75, 3.05) is 7.11 Å². The Morgan fingerprint density at radius 2 is 2.25 bits per heavy atom. The molecule has 1 rings (SSSR count). The zero-order chi connectivity index (χ0) is 12.3. The summed E-state index contributed by atoms with van der Waals surface area (Å²) < 4.78 is 4.74. The number of carbonyl (C=O) groups excluding carboxylic acids is 1. The van der Waals surface area contributed by atoms with Crippen LogP contribution in [0.15, 0.2) is 12.1 Å². The van der Waals surface area contributed by atoms with Gasteiger partial charge in [0.2, 0.25) is 5.75 Å². The topological polar surface area (TPSA) is 93.2 Å². The number of nitro groups is 1. The van der Waals surface area contributed by atoms with Crippen molar-refractivity contribution in [2.24, 2.45) is 0 Å². The van der Waals surface area contributed by atoms with E-state index < -0.39 is 15.9 Å². The quantitative estimate of drug-likeness (QED) is 0.457. The summed E-state index contributed by atoms with van der Waals surface area (Å²) in [5, 5.41) is 18.4. The van der Waals surface area contributed by atoms with Gasteiger partial charge in [0, 0.05) is 6.07 Å². The normalized spacial score (nSPS) is 9.31. The second-order valence-corrected chi connectivity index (χ2v) is 3.03. The Kier molecular flexibility index (Phi) is 3.43. The van der Waals surface area contributed by atoms with E-state index in [1.54, 1.807) is 6.07 Å². The first-order valence-electron chi connectivity index (χ1n) is 3.98. The van der Waals surface area contributed by atoms with E-state index >= 15 is 0 Å². The maximum atomic E-state index is 11.1. The molecule has 0 aliphatic heterocycles. The zero-order valence-electron chi connectivity index (χ0n) is 8.06. The van der Waals surface area contributed by atoms with Gasteiger partial charge >= 0.3 is 5.69 Å². The molecule has 0 N–H and O–H groups in total. The third kappa shape index (κ3) is 1.94. The lowest BCUT2D eigenvalue weighted by atomic mass is 10.1. The molecule has 0 saturated heterocycles. The third-order valence-corrected chi connectivity index (χ3v) is 2.04. The number of benzene rings is 1. The molecule has 1 aromatic carbocycles. The molecule has 6 nitrogen and oxygen atoms in total. The Labute approximate surface area is 95.2 Å². The van der Waals surface area contributed by atoms with Crippen LogP contribution in [0.3, 0.4) is 0 Å². The van der Waals surface area contributed by atoms with Crippen molar-refractivity contribution in [3.05, 3.63) is 33.4 Å². The van der Waals surface area contributed by atoms with Gasteiger partial charge in [0.25, 0.3) is 5.24 Å². The van der Waals surface area contributed by atoms with E-state index in [1.165, 1.54) is 0 Å².